The number of hydrogen-bond donors (Lipinski definition) is 1. The summed E-state index contributed by atoms with van der Waals surface area (Å²) < 4.78 is 0. The average molecular weight is 140 g/mol. The molecule has 0 saturated heterocycles. The third-order valence-electron chi connectivity index (χ3n) is 1.68. The van der Waals surface area contributed by atoms with Crippen molar-refractivity contribution in [2.45, 2.75) is 26.4 Å². The molecule has 0 heterocycles. The van der Waals surface area contributed by atoms with Gasteiger partial charge in [0, 0.05) is 5.57 Å². The highest BCUT2D eigenvalue weighted by Gasteiger charge is 2.27. The third kappa shape index (κ3) is 1.56. The molecule has 0 aromatic heterocycles. The van der Waals surface area contributed by atoms with Crippen molar-refractivity contribution in [3.05, 3.63) is 17.9 Å². The van der Waals surface area contributed by atoms with Gasteiger partial charge in [0.1, 0.15) is 5.60 Å². The van der Waals surface area contributed by atoms with Crippen LogP contribution in [0.25, 0.3) is 0 Å². The molecule has 0 fully saturated rings. The lowest BCUT2D eigenvalue weighted by Gasteiger charge is -2.18. The topological polar surface area (TPSA) is 37.3 Å². The van der Waals surface area contributed by atoms with E-state index in [1.807, 2.05) is 0 Å². The van der Waals surface area contributed by atoms with E-state index in [0.29, 0.717) is 5.57 Å². The largest absolute Gasteiger partial charge is 0.377 e. The van der Waals surface area contributed by atoms with Gasteiger partial charge in [0.15, 0.2) is 5.78 Å². The number of aliphatic hydroxyl groups is 1. The predicted molar refractivity (Wildman–Crippen MR) is 39.6 cm³/mol. The van der Waals surface area contributed by atoms with Crippen molar-refractivity contribution in [3.63, 3.8) is 0 Å². The number of hydrogen-bond acceptors (Lipinski definition) is 2. The Bertz CT molecular complexity index is 195. The number of carbonyl (C=O) groups excluding carboxylic acids is 1. The van der Waals surface area contributed by atoms with Gasteiger partial charge in [-0.05, 0) is 20.8 Å². The summed E-state index contributed by atoms with van der Waals surface area (Å²) in [4.78, 5) is 10.7. The first-order valence-electron chi connectivity index (χ1n) is 3.03. The Morgan fingerprint density at radius 2 is 2.00 bits per heavy atom. The lowest BCUT2D eigenvalue weighted by atomic mass is 9.94. The SMILES string of the molecule is C=C=C(C)C(C)(O)C(C)=O. The molecule has 1 atom stereocenters. The minimum atomic E-state index is -1.39. The van der Waals surface area contributed by atoms with Crippen LogP contribution in [-0.4, -0.2) is 16.5 Å². The van der Waals surface area contributed by atoms with E-state index in [0.717, 1.165) is 0 Å². The van der Waals surface area contributed by atoms with Crippen LogP contribution in [0.4, 0.5) is 0 Å². The Hall–Kier alpha value is -0.850. The van der Waals surface area contributed by atoms with E-state index in [2.05, 4.69) is 12.3 Å². The zero-order valence-corrected chi connectivity index (χ0v) is 6.56. The number of Topliss-reactive ketones (excluding diaryl/α,β-unsaturated/α-hetero) is 1. The summed E-state index contributed by atoms with van der Waals surface area (Å²) in [5.41, 5.74) is 1.55. The molecule has 1 N–H and O–H groups in total. The van der Waals surface area contributed by atoms with E-state index >= 15 is 0 Å². The molecule has 0 aliphatic heterocycles. The number of carbonyl (C=O) groups is 1. The molecule has 0 aromatic carbocycles. The second-order valence-corrected chi connectivity index (χ2v) is 2.43. The van der Waals surface area contributed by atoms with E-state index in [4.69, 9.17) is 0 Å². The lowest BCUT2D eigenvalue weighted by Crippen LogP contribution is -2.33. The fourth-order valence-corrected chi connectivity index (χ4v) is 0.436. The smallest absolute Gasteiger partial charge is 0.165 e. The molecule has 0 radical (unpaired) electrons. The molecule has 0 rings (SSSR count). The van der Waals surface area contributed by atoms with Crippen molar-refractivity contribution >= 4 is 5.78 Å². The van der Waals surface area contributed by atoms with Crippen molar-refractivity contribution in [3.8, 4) is 0 Å². The highest BCUT2D eigenvalue weighted by Crippen LogP contribution is 2.14. The molecule has 0 aromatic rings. The maximum atomic E-state index is 10.7. The first kappa shape index (κ1) is 9.15. The van der Waals surface area contributed by atoms with Crippen LogP contribution in [0.5, 0.6) is 0 Å². The van der Waals surface area contributed by atoms with E-state index in [1.165, 1.54) is 13.8 Å². The van der Waals surface area contributed by atoms with Gasteiger partial charge < -0.3 is 5.11 Å². The summed E-state index contributed by atoms with van der Waals surface area (Å²) in [6.45, 7) is 7.72. The molecule has 0 amide bonds. The summed E-state index contributed by atoms with van der Waals surface area (Å²) in [5, 5.41) is 9.37. The van der Waals surface area contributed by atoms with Gasteiger partial charge in [-0.1, -0.05) is 6.58 Å². The van der Waals surface area contributed by atoms with Gasteiger partial charge in [-0.3, -0.25) is 4.79 Å². The van der Waals surface area contributed by atoms with Crippen LogP contribution in [0.3, 0.4) is 0 Å². The molecular weight excluding hydrogens is 128 g/mol. The highest BCUT2D eigenvalue weighted by atomic mass is 16.3. The van der Waals surface area contributed by atoms with Crippen LogP contribution in [0.2, 0.25) is 0 Å². The first-order valence-corrected chi connectivity index (χ1v) is 3.03. The molecule has 0 saturated carbocycles. The van der Waals surface area contributed by atoms with Gasteiger partial charge in [0.2, 0.25) is 0 Å². The standard InChI is InChI=1S/C8H12O2/c1-5-6(2)8(4,10)7(3)9/h10H,1H2,2-4H3. The highest BCUT2D eigenvalue weighted by molar-refractivity contribution is 5.87. The monoisotopic (exact) mass is 140 g/mol. The van der Waals surface area contributed by atoms with Gasteiger partial charge in [0.05, 0.1) is 0 Å². The fourth-order valence-electron chi connectivity index (χ4n) is 0.436. The Balaban J connectivity index is 4.74. The zero-order valence-electron chi connectivity index (χ0n) is 6.56. The molecule has 10 heavy (non-hydrogen) atoms. The van der Waals surface area contributed by atoms with Crippen LogP contribution in [0, 0.1) is 0 Å². The van der Waals surface area contributed by atoms with E-state index in [1.54, 1.807) is 6.92 Å². The minimum absolute atomic E-state index is 0.291. The summed E-state index contributed by atoms with van der Waals surface area (Å²) in [5.74, 6) is -0.291. The van der Waals surface area contributed by atoms with Gasteiger partial charge in [-0.2, -0.15) is 0 Å². The minimum Gasteiger partial charge on any atom is -0.377 e. The molecule has 56 valence electrons. The van der Waals surface area contributed by atoms with Crippen molar-refractivity contribution in [1.29, 1.82) is 0 Å². The van der Waals surface area contributed by atoms with Gasteiger partial charge in [-0.15, -0.1) is 5.73 Å². The molecular formula is C8H12O2. The second kappa shape index (κ2) is 2.82. The van der Waals surface area contributed by atoms with Crippen LogP contribution in [0.1, 0.15) is 20.8 Å². The maximum Gasteiger partial charge on any atom is 0.165 e. The van der Waals surface area contributed by atoms with Crippen molar-refractivity contribution in [2.75, 3.05) is 0 Å². The number of rotatable bonds is 2. The van der Waals surface area contributed by atoms with Gasteiger partial charge in [-0.25, -0.2) is 0 Å². The summed E-state index contributed by atoms with van der Waals surface area (Å²) >= 11 is 0. The third-order valence-corrected chi connectivity index (χ3v) is 1.68. The van der Waals surface area contributed by atoms with Crippen molar-refractivity contribution in [1.82, 2.24) is 0 Å². The second-order valence-electron chi connectivity index (χ2n) is 2.43. The maximum absolute atomic E-state index is 10.7. The van der Waals surface area contributed by atoms with E-state index < -0.39 is 5.60 Å². The molecule has 0 spiro atoms. The normalized spacial score (nSPS) is 15.2. The van der Waals surface area contributed by atoms with Crippen LogP contribution in [-0.2, 0) is 4.79 Å². The molecule has 0 bridgehead atoms. The van der Waals surface area contributed by atoms with Gasteiger partial charge >= 0.3 is 0 Å². The lowest BCUT2D eigenvalue weighted by molar-refractivity contribution is -0.130. The summed E-state index contributed by atoms with van der Waals surface area (Å²) in [6.07, 6.45) is 0. The molecule has 2 heteroatoms. The van der Waals surface area contributed by atoms with E-state index in [-0.39, 0.29) is 5.78 Å². The van der Waals surface area contributed by atoms with Crippen LogP contribution < -0.4 is 0 Å². The summed E-state index contributed by atoms with van der Waals surface area (Å²) in [7, 11) is 0. The van der Waals surface area contributed by atoms with Crippen molar-refractivity contribution in [2.24, 2.45) is 0 Å². The summed E-state index contributed by atoms with van der Waals surface area (Å²) in [6, 6.07) is 0. The predicted octanol–water partition coefficient (Wildman–Crippen LogP) is 1.06. The molecule has 2 nitrogen and oxygen atoms in total. The fraction of sp³-hybridized carbons (Fsp3) is 0.500. The van der Waals surface area contributed by atoms with Crippen molar-refractivity contribution < 1.29 is 9.90 Å². The molecule has 0 aliphatic rings. The zero-order chi connectivity index (χ0) is 8.36. The molecule has 0 aliphatic carbocycles. The number of ketones is 1. The van der Waals surface area contributed by atoms with E-state index in [9.17, 15) is 9.90 Å². The van der Waals surface area contributed by atoms with Crippen LogP contribution in [0.15, 0.2) is 17.9 Å². The molecule has 1 unspecified atom stereocenters. The Kier molecular flexibility index (Phi) is 2.58. The van der Waals surface area contributed by atoms with Gasteiger partial charge in [0.25, 0.3) is 0 Å². The quantitative estimate of drug-likeness (QED) is 0.582. The Morgan fingerprint density at radius 3 is 2.10 bits per heavy atom. The van der Waals surface area contributed by atoms with Crippen LogP contribution >= 0.6 is 0 Å². The Labute approximate surface area is 60.9 Å². The first-order chi connectivity index (χ1) is 4.42. The Morgan fingerprint density at radius 1 is 1.60 bits per heavy atom. The average Bonchev–Trinajstić information content (AvgIpc) is 1.86.